The third-order valence-electron chi connectivity index (χ3n) is 1.67. The van der Waals surface area contributed by atoms with E-state index in [1.165, 1.54) is 17.4 Å². The predicted octanol–water partition coefficient (Wildman–Crippen LogP) is 2.74. The highest BCUT2D eigenvalue weighted by atomic mass is 127. The summed E-state index contributed by atoms with van der Waals surface area (Å²) in [6.07, 6.45) is 0. The lowest BCUT2D eigenvalue weighted by Gasteiger charge is -1.94. The van der Waals surface area contributed by atoms with Gasteiger partial charge in [0.05, 0.1) is 10.3 Å². The van der Waals surface area contributed by atoms with Crippen LogP contribution in [0.5, 0.6) is 0 Å². The standard InChI is InChI=1S/C8H3FINO2S/c9-4-1-3(7(12)13)2-5-6(4)11-8(10)14-5/h1-2H,(H,12,13). The number of thiazole rings is 1. The summed E-state index contributed by atoms with van der Waals surface area (Å²) in [7, 11) is 0. The van der Waals surface area contributed by atoms with Crippen molar-refractivity contribution in [3.8, 4) is 0 Å². The van der Waals surface area contributed by atoms with Crippen molar-refractivity contribution in [1.29, 1.82) is 0 Å². The molecule has 3 nitrogen and oxygen atoms in total. The van der Waals surface area contributed by atoms with E-state index in [2.05, 4.69) is 4.98 Å². The largest absolute Gasteiger partial charge is 0.478 e. The first-order chi connectivity index (χ1) is 6.58. The molecule has 0 spiro atoms. The van der Waals surface area contributed by atoms with Crippen molar-refractivity contribution in [3.63, 3.8) is 0 Å². The molecular weight excluding hydrogens is 320 g/mol. The van der Waals surface area contributed by atoms with Crippen LogP contribution in [0, 0.1) is 8.83 Å². The first-order valence-electron chi connectivity index (χ1n) is 3.57. The van der Waals surface area contributed by atoms with E-state index in [9.17, 15) is 9.18 Å². The average molecular weight is 323 g/mol. The van der Waals surface area contributed by atoms with Gasteiger partial charge in [0.2, 0.25) is 0 Å². The number of nitrogens with zero attached hydrogens (tertiary/aromatic N) is 1. The van der Waals surface area contributed by atoms with Gasteiger partial charge in [0.15, 0.2) is 8.83 Å². The molecule has 0 saturated heterocycles. The van der Waals surface area contributed by atoms with Crippen molar-refractivity contribution >= 4 is 50.1 Å². The molecule has 14 heavy (non-hydrogen) atoms. The van der Waals surface area contributed by atoms with Crippen molar-refractivity contribution in [2.75, 3.05) is 0 Å². The van der Waals surface area contributed by atoms with Crippen LogP contribution in [0.3, 0.4) is 0 Å². The number of rotatable bonds is 1. The molecule has 0 saturated carbocycles. The molecule has 1 heterocycles. The Hall–Kier alpha value is -0.760. The fourth-order valence-corrected chi connectivity index (χ4v) is 2.78. The van der Waals surface area contributed by atoms with Gasteiger partial charge in [-0.15, -0.1) is 11.3 Å². The summed E-state index contributed by atoms with van der Waals surface area (Å²) in [5.74, 6) is -1.71. The molecule has 0 atom stereocenters. The highest BCUT2D eigenvalue weighted by Crippen LogP contribution is 2.26. The zero-order chi connectivity index (χ0) is 10.3. The third kappa shape index (κ3) is 1.59. The van der Waals surface area contributed by atoms with E-state index in [0.717, 1.165) is 6.07 Å². The van der Waals surface area contributed by atoms with Crippen LogP contribution >= 0.6 is 33.9 Å². The summed E-state index contributed by atoms with van der Waals surface area (Å²) in [5, 5.41) is 8.69. The fraction of sp³-hybridized carbons (Fsp3) is 0. The second-order valence-electron chi connectivity index (χ2n) is 2.58. The monoisotopic (exact) mass is 323 g/mol. The van der Waals surface area contributed by atoms with Crippen molar-refractivity contribution in [1.82, 2.24) is 4.98 Å². The summed E-state index contributed by atoms with van der Waals surface area (Å²) in [6.45, 7) is 0. The minimum atomic E-state index is -1.13. The molecule has 0 aliphatic carbocycles. The first kappa shape index (κ1) is 9.78. The minimum Gasteiger partial charge on any atom is -0.478 e. The summed E-state index contributed by atoms with van der Waals surface area (Å²) in [4.78, 5) is 14.6. The maximum absolute atomic E-state index is 13.3. The van der Waals surface area contributed by atoms with Crippen LogP contribution < -0.4 is 0 Å². The predicted molar refractivity (Wildman–Crippen MR) is 59.3 cm³/mol. The summed E-state index contributed by atoms with van der Waals surface area (Å²) in [5.41, 5.74) is 0.194. The quantitative estimate of drug-likeness (QED) is 0.821. The van der Waals surface area contributed by atoms with Gasteiger partial charge in [-0.05, 0) is 34.7 Å². The van der Waals surface area contributed by atoms with Gasteiger partial charge >= 0.3 is 5.97 Å². The van der Waals surface area contributed by atoms with Crippen LogP contribution in [0.25, 0.3) is 10.2 Å². The van der Waals surface area contributed by atoms with E-state index in [1.807, 2.05) is 22.6 Å². The lowest BCUT2D eigenvalue weighted by Crippen LogP contribution is -1.96. The van der Waals surface area contributed by atoms with Crippen LogP contribution in [-0.2, 0) is 0 Å². The molecule has 0 aliphatic rings. The Labute approximate surface area is 95.7 Å². The number of carbonyl (C=O) groups is 1. The second kappa shape index (κ2) is 3.43. The topological polar surface area (TPSA) is 50.2 Å². The Bertz CT molecular complexity index is 525. The molecule has 1 N–H and O–H groups in total. The van der Waals surface area contributed by atoms with Crippen LogP contribution in [0.1, 0.15) is 10.4 Å². The number of aromatic carboxylic acids is 1. The molecule has 2 aromatic rings. The summed E-state index contributed by atoms with van der Waals surface area (Å²) >= 11 is 3.24. The highest BCUT2D eigenvalue weighted by molar-refractivity contribution is 14.1. The Morgan fingerprint density at radius 1 is 1.57 bits per heavy atom. The zero-order valence-electron chi connectivity index (χ0n) is 6.62. The summed E-state index contributed by atoms with van der Waals surface area (Å²) in [6, 6.07) is 2.42. The number of halogens is 2. The van der Waals surface area contributed by atoms with E-state index < -0.39 is 11.8 Å². The minimum absolute atomic E-state index is 0.0462. The Morgan fingerprint density at radius 3 is 2.93 bits per heavy atom. The van der Waals surface area contributed by atoms with Crippen molar-refractivity contribution in [2.45, 2.75) is 0 Å². The molecule has 72 valence electrons. The van der Waals surface area contributed by atoms with Crippen LogP contribution in [-0.4, -0.2) is 16.1 Å². The molecule has 6 heteroatoms. The fourth-order valence-electron chi connectivity index (χ4n) is 1.09. The third-order valence-corrected chi connectivity index (χ3v) is 3.36. The molecule has 0 unspecified atom stereocenters. The lowest BCUT2D eigenvalue weighted by molar-refractivity contribution is 0.0696. The molecule has 1 aromatic carbocycles. The van der Waals surface area contributed by atoms with Crippen LogP contribution in [0.15, 0.2) is 12.1 Å². The van der Waals surface area contributed by atoms with Gasteiger partial charge < -0.3 is 5.11 Å². The van der Waals surface area contributed by atoms with Crippen LogP contribution in [0.4, 0.5) is 4.39 Å². The van der Waals surface area contributed by atoms with Gasteiger partial charge in [-0.25, -0.2) is 14.2 Å². The van der Waals surface area contributed by atoms with Crippen molar-refractivity contribution in [3.05, 3.63) is 26.5 Å². The van der Waals surface area contributed by atoms with E-state index >= 15 is 0 Å². The smallest absolute Gasteiger partial charge is 0.335 e. The van der Waals surface area contributed by atoms with Gasteiger partial charge in [0.1, 0.15) is 5.52 Å². The number of fused-ring (bicyclic) bond motifs is 1. The second-order valence-corrected chi connectivity index (χ2v) is 5.36. The van der Waals surface area contributed by atoms with E-state index in [1.54, 1.807) is 0 Å². The number of aromatic nitrogens is 1. The number of hydrogen-bond acceptors (Lipinski definition) is 3. The van der Waals surface area contributed by atoms with E-state index in [-0.39, 0.29) is 11.1 Å². The molecule has 0 bridgehead atoms. The molecule has 1 aromatic heterocycles. The van der Waals surface area contributed by atoms with E-state index in [4.69, 9.17) is 5.11 Å². The molecule has 0 amide bonds. The molecule has 0 fully saturated rings. The zero-order valence-corrected chi connectivity index (χ0v) is 9.60. The number of benzene rings is 1. The maximum atomic E-state index is 13.3. The van der Waals surface area contributed by atoms with Gasteiger partial charge in [-0.3, -0.25) is 0 Å². The molecule has 0 aliphatic heterocycles. The number of carboxylic acid groups (broad SMARTS) is 1. The normalized spacial score (nSPS) is 10.7. The van der Waals surface area contributed by atoms with Crippen molar-refractivity contribution in [2.24, 2.45) is 0 Å². The van der Waals surface area contributed by atoms with Gasteiger partial charge in [-0.1, -0.05) is 0 Å². The van der Waals surface area contributed by atoms with Crippen molar-refractivity contribution < 1.29 is 14.3 Å². The Morgan fingerprint density at radius 2 is 2.29 bits per heavy atom. The first-order valence-corrected chi connectivity index (χ1v) is 5.46. The highest BCUT2D eigenvalue weighted by Gasteiger charge is 2.12. The van der Waals surface area contributed by atoms with Gasteiger partial charge in [-0.2, -0.15) is 0 Å². The van der Waals surface area contributed by atoms with Gasteiger partial charge in [0, 0.05) is 0 Å². The maximum Gasteiger partial charge on any atom is 0.335 e. The van der Waals surface area contributed by atoms with Crippen LogP contribution in [0.2, 0.25) is 0 Å². The number of hydrogen-bond donors (Lipinski definition) is 1. The molecule has 0 radical (unpaired) electrons. The summed E-state index contributed by atoms with van der Waals surface area (Å²) < 4.78 is 14.6. The Balaban J connectivity index is 2.77. The number of carboxylic acids is 1. The van der Waals surface area contributed by atoms with E-state index in [0.29, 0.717) is 7.71 Å². The Kier molecular flexibility index (Phi) is 2.40. The molecule has 2 rings (SSSR count). The molecular formula is C8H3FINO2S. The van der Waals surface area contributed by atoms with Gasteiger partial charge in [0.25, 0.3) is 0 Å². The SMILES string of the molecule is O=C(O)c1cc(F)c2nc(I)sc2c1. The lowest BCUT2D eigenvalue weighted by atomic mass is 10.2. The average Bonchev–Trinajstić information content (AvgIpc) is 2.45.